The first-order valence-electron chi connectivity index (χ1n) is 6.24. The second-order valence-electron chi connectivity index (χ2n) is 4.12. The van der Waals surface area contributed by atoms with Gasteiger partial charge in [0.15, 0.2) is 5.75 Å². The van der Waals surface area contributed by atoms with Crippen molar-refractivity contribution in [3.05, 3.63) is 40.0 Å². The Morgan fingerprint density at radius 2 is 2.24 bits per heavy atom. The summed E-state index contributed by atoms with van der Waals surface area (Å²) in [5, 5.41) is 27.9. The summed E-state index contributed by atoms with van der Waals surface area (Å²) in [6.07, 6.45) is 3.95. The lowest BCUT2D eigenvalue weighted by atomic mass is 10.1. The maximum atomic E-state index is 10.9. The van der Waals surface area contributed by atoms with Crippen molar-refractivity contribution < 1.29 is 19.6 Å². The van der Waals surface area contributed by atoms with E-state index in [1.54, 1.807) is 0 Å². The molecule has 1 aromatic carbocycles. The Morgan fingerprint density at radius 1 is 1.48 bits per heavy atom. The molecule has 0 aliphatic rings. The summed E-state index contributed by atoms with van der Waals surface area (Å²) >= 11 is 0. The molecule has 110 valence electrons. The van der Waals surface area contributed by atoms with Crippen molar-refractivity contribution in [2.24, 2.45) is 0 Å². The molecule has 21 heavy (non-hydrogen) atoms. The third-order valence-corrected chi connectivity index (χ3v) is 2.54. The van der Waals surface area contributed by atoms with E-state index in [4.69, 9.17) is 15.1 Å². The molecule has 0 aromatic heterocycles. The van der Waals surface area contributed by atoms with E-state index < -0.39 is 10.9 Å². The maximum absolute atomic E-state index is 10.9. The second-order valence-corrected chi connectivity index (χ2v) is 4.12. The molecule has 0 fully saturated rings. The van der Waals surface area contributed by atoms with Gasteiger partial charge in [0.2, 0.25) is 0 Å². The molecule has 0 amide bonds. The number of hydrogen-bond donors (Lipinski definition) is 1. The van der Waals surface area contributed by atoms with E-state index in [9.17, 15) is 14.9 Å². The fourth-order valence-electron chi connectivity index (χ4n) is 1.56. The van der Waals surface area contributed by atoms with Crippen molar-refractivity contribution in [3.8, 4) is 11.8 Å². The van der Waals surface area contributed by atoms with Crippen LogP contribution in [0.5, 0.6) is 5.75 Å². The molecular formula is C14H14N2O5. The fourth-order valence-corrected chi connectivity index (χ4v) is 1.56. The highest BCUT2D eigenvalue weighted by atomic mass is 16.6. The summed E-state index contributed by atoms with van der Waals surface area (Å²) in [5.41, 5.74) is 0.317. The molecule has 7 heteroatoms. The van der Waals surface area contributed by atoms with Crippen LogP contribution in [0.15, 0.2) is 24.3 Å². The van der Waals surface area contributed by atoms with Gasteiger partial charge in [0.25, 0.3) is 0 Å². The number of hydrogen-bond acceptors (Lipinski definition) is 5. The quantitative estimate of drug-likeness (QED) is 0.341. The van der Waals surface area contributed by atoms with E-state index in [0.29, 0.717) is 24.8 Å². The molecule has 0 saturated heterocycles. The predicted molar refractivity (Wildman–Crippen MR) is 74.7 cm³/mol. The Labute approximate surface area is 121 Å². The molecule has 1 aromatic rings. The van der Waals surface area contributed by atoms with Gasteiger partial charge < -0.3 is 9.84 Å². The number of aliphatic carboxylic acids is 1. The molecule has 7 nitrogen and oxygen atoms in total. The lowest BCUT2D eigenvalue weighted by Crippen LogP contribution is -2.01. The minimum absolute atomic E-state index is 0.0875. The standard InChI is InChI=1S/C14H14N2O5/c15-8-2-1-3-9-21-13-10-11(5-7-14(17)18)4-6-12(13)16(19)20/h4-7,10H,1-3,9H2,(H,17,18). The highest BCUT2D eigenvalue weighted by Crippen LogP contribution is 2.28. The van der Waals surface area contributed by atoms with Gasteiger partial charge in [0, 0.05) is 18.6 Å². The van der Waals surface area contributed by atoms with Crippen molar-refractivity contribution >= 4 is 17.7 Å². The van der Waals surface area contributed by atoms with Crippen LogP contribution in [0.25, 0.3) is 6.08 Å². The Hall–Kier alpha value is -2.88. The SMILES string of the molecule is N#CCCCCOc1cc(C=CC(=O)O)ccc1[N+](=O)[O-]. The zero-order chi connectivity index (χ0) is 15.7. The minimum Gasteiger partial charge on any atom is -0.487 e. The summed E-state index contributed by atoms with van der Waals surface area (Å²) in [5.74, 6) is -1.02. The Bertz CT molecular complexity index is 590. The Balaban J connectivity index is 2.81. The van der Waals surface area contributed by atoms with Gasteiger partial charge in [-0.15, -0.1) is 0 Å². The molecule has 0 spiro atoms. The number of nitriles is 1. The summed E-state index contributed by atoms with van der Waals surface area (Å²) in [6.45, 7) is 0.259. The molecule has 0 aliphatic heterocycles. The van der Waals surface area contributed by atoms with E-state index in [1.165, 1.54) is 24.3 Å². The zero-order valence-corrected chi connectivity index (χ0v) is 11.2. The average Bonchev–Trinajstić information content (AvgIpc) is 2.44. The number of nitro benzene ring substituents is 1. The maximum Gasteiger partial charge on any atom is 0.328 e. The number of carboxylic acid groups (broad SMARTS) is 1. The number of unbranched alkanes of at least 4 members (excludes halogenated alkanes) is 2. The van der Waals surface area contributed by atoms with Gasteiger partial charge >= 0.3 is 11.7 Å². The first-order chi connectivity index (χ1) is 10.0. The lowest BCUT2D eigenvalue weighted by Gasteiger charge is -2.07. The van der Waals surface area contributed by atoms with E-state index in [2.05, 4.69) is 0 Å². The van der Waals surface area contributed by atoms with Gasteiger partial charge in [-0.1, -0.05) is 0 Å². The van der Waals surface area contributed by atoms with Crippen LogP contribution in [0, 0.1) is 21.4 Å². The van der Waals surface area contributed by atoms with Gasteiger partial charge in [0.1, 0.15) is 0 Å². The van der Waals surface area contributed by atoms with Crippen LogP contribution in [0.1, 0.15) is 24.8 Å². The van der Waals surface area contributed by atoms with Crippen LogP contribution in [-0.2, 0) is 4.79 Å². The summed E-state index contributed by atoms with van der Waals surface area (Å²) < 4.78 is 5.36. The molecule has 0 radical (unpaired) electrons. The predicted octanol–water partition coefficient (Wildman–Crippen LogP) is 2.77. The third-order valence-electron chi connectivity index (χ3n) is 2.54. The topological polar surface area (TPSA) is 113 Å². The Kier molecular flexibility index (Phi) is 6.41. The average molecular weight is 290 g/mol. The van der Waals surface area contributed by atoms with Crippen LogP contribution in [0.3, 0.4) is 0 Å². The fraction of sp³-hybridized carbons (Fsp3) is 0.286. The lowest BCUT2D eigenvalue weighted by molar-refractivity contribution is -0.385. The van der Waals surface area contributed by atoms with Crippen molar-refractivity contribution in [1.82, 2.24) is 0 Å². The highest BCUT2D eigenvalue weighted by molar-refractivity contribution is 5.85. The first-order valence-corrected chi connectivity index (χ1v) is 6.24. The smallest absolute Gasteiger partial charge is 0.328 e. The van der Waals surface area contributed by atoms with E-state index >= 15 is 0 Å². The van der Waals surface area contributed by atoms with Gasteiger partial charge in [0.05, 0.1) is 17.6 Å². The molecule has 0 saturated carbocycles. The van der Waals surface area contributed by atoms with Crippen LogP contribution in [-0.4, -0.2) is 22.6 Å². The van der Waals surface area contributed by atoms with E-state index in [1.807, 2.05) is 6.07 Å². The Morgan fingerprint density at radius 3 is 2.86 bits per heavy atom. The van der Waals surface area contributed by atoms with Gasteiger partial charge in [-0.2, -0.15) is 5.26 Å². The zero-order valence-electron chi connectivity index (χ0n) is 11.2. The molecule has 0 unspecified atom stereocenters. The summed E-state index contributed by atoms with van der Waals surface area (Å²) in [4.78, 5) is 20.8. The number of carbonyl (C=O) groups is 1. The number of nitrogens with zero attached hydrogens (tertiary/aromatic N) is 2. The number of ether oxygens (including phenoxy) is 1. The van der Waals surface area contributed by atoms with Gasteiger partial charge in [-0.3, -0.25) is 10.1 Å². The van der Waals surface area contributed by atoms with Crippen LogP contribution in [0.2, 0.25) is 0 Å². The van der Waals surface area contributed by atoms with Crippen LogP contribution < -0.4 is 4.74 Å². The molecule has 0 atom stereocenters. The van der Waals surface area contributed by atoms with Crippen molar-refractivity contribution in [3.63, 3.8) is 0 Å². The number of rotatable bonds is 8. The van der Waals surface area contributed by atoms with Crippen molar-refractivity contribution in [1.29, 1.82) is 5.26 Å². The van der Waals surface area contributed by atoms with Crippen LogP contribution >= 0.6 is 0 Å². The third kappa shape index (κ3) is 5.74. The van der Waals surface area contributed by atoms with Crippen LogP contribution in [0.4, 0.5) is 5.69 Å². The summed E-state index contributed by atoms with van der Waals surface area (Å²) in [6, 6.07) is 6.14. The minimum atomic E-state index is -1.10. The number of carboxylic acids is 1. The van der Waals surface area contributed by atoms with Gasteiger partial charge in [-0.25, -0.2) is 4.79 Å². The molecule has 0 bridgehead atoms. The van der Waals surface area contributed by atoms with E-state index in [-0.39, 0.29) is 18.0 Å². The molecular weight excluding hydrogens is 276 g/mol. The second kappa shape index (κ2) is 8.32. The summed E-state index contributed by atoms with van der Waals surface area (Å²) in [7, 11) is 0. The first kappa shape index (κ1) is 16.2. The molecule has 0 heterocycles. The van der Waals surface area contributed by atoms with Crippen molar-refractivity contribution in [2.75, 3.05) is 6.61 Å². The van der Waals surface area contributed by atoms with Crippen molar-refractivity contribution in [2.45, 2.75) is 19.3 Å². The largest absolute Gasteiger partial charge is 0.487 e. The number of nitro groups is 1. The van der Waals surface area contributed by atoms with E-state index in [0.717, 1.165) is 6.08 Å². The highest BCUT2D eigenvalue weighted by Gasteiger charge is 2.15. The number of benzene rings is 1. The van der Waals surface area contributed by atoms with Gasteiger partial charge in [-0.05, 0) is 36.6 Å². The molecule has 0 aliphatic carbocycles. The molecule has 1 N–H and O–H groups in total. The normalized spacial score (nSPS) is 10.2. The monoisotopic (exact) mass is 290 g/mol. The molecule has 1 rings (SSSR count).